The summed E-state index contributed by atoms with van der Waals surface area (Å²) < 4.78 is 0. The Labute approximate surface area is 104 Å². The van der Waals surface area contributed by atoms with Gasteiger partial charge < -0.3 is 16.0 Å². The van der Waals surface area contributed by atoms with Gasteiger partial charge in [0.15, 0.2) is 0 Å². The molecule has 0 saturated heterocycles. The second-order valence-electron chi connectivity index (χ2n) is 4.13. The van der Waals surface area contributed by atoms with Crippen LogP contribution in [0.5, 0.6) is 0 Å². The van der Waals surface area contributed by atoms with Gasteiger partial charge in [0.25, 0.3) is 0 Å². The number of nitrogen functional groups attached to an aromatic ring is 1. The number of hydrogen-bond donors (Lipinski definition) is 2. The van der Waals surface area contributed by atoms with Gasteiger partial charge in [-0.25, -0.2) is 4.98 Å². The average molecular weight is 236 g/mol. The molecule has 0 aromatic carbocycles. The Bertz CT molecular complexity index is 293. The predicted molar refractivity (Wildman–Crippen MR) is 74.2 cm³/mol. The maximum Gasteiger partial charge on any atom is 0.123 e. The van der Waals surface area contributed by atoms with Gasteiger partial charge in [-0.2, -0.15) is 0 Å². The van der Waals surface area contributed by atoms with Gasteiger partial charge in [-0.3, -0.25) is 0 Å². The van der Waals surface area contributed by atoms with Gasteiger partial charge in [0, 0.05) is 6.54 Å². The number of aromatic nitrogens is 1. The Morgan fingerprint density at radius 1 is 1.24 bits per heavy atom. The van der Waals surface area contributed by atoms with E-state index in [4.69, 9.17) is 5.73 Å². The molecule has 0 amide bonds. The lowest BCUT2D eigenvalue weighted by atomic mass is 10.3. The van der Waals surface area contributed by atoms with Gasteiger partial charge in [0.2, 0.25) is 0 Å². The topological polar surface area (TPSA) is 54.2 Å². The van der Waals surface area contributed by atoms with Crippen molar-refractivity contribution < 1.29 is 0 Å². The van der Waals surface area contributed by atoms with Crippen molar-refractivity contribution in [3.8, 4) is 0 Å². The first kappa shape index (κ1) is 13.8. The van der Waals surface area contributed by atoms with Gasteiger partial charge in [-0.05, 0) is 44.6 Å². The molecular formula is C13H24N4. The first-order valence-corrected chi connectivity index (χ1v) is 6.44. The predicted octanol–water partition coefficient (Wildman–Crippen LogP) is 2.20. The summed E-state index contributed by atoms with van der Waals surface area (Å²) in [5.41, 5.74) is 6.57. The van der Waals surface area contributed by atoms with Crippen LogP contribution in [0, 0.1) is 0 Å². The third-order valence-corrected chi connectivity index (χ3v) is 2.91. The first-order valence-electron chi connectivity index (χ1n) is 6.44. The van der Waals surface area contributed by atoms with Crippen LogP contribution in [0.15, 0.2) is 18.3 Å². The molecule has 0 aliphatic heterocycles. The molecule has 0 bridgehead atoms. The number of nitrogens with one attached hydrogen (secondary N) is 1. The minimum atomic E-state index is 0.567. The number of nitrogens with zero attached hydrogens (tertiary/aromatic N) is 2. The smallest absolute Gasteiger partial charge is 0.123 e. The van der Waals surface area contributed by atoms with Crippen molar-refractivity contribution in [2.45, 2.75) is 26.7 Å². The summed E-state index contributed by atoms with van der Waals surface area (Å²) in [7, 11) is 0. The average Bonchev–Trinajstić information content (AvgIpc) is 2.36. The molecule has 0 radical (unpaired) electrons. The molecule has 0 aliphatic carbocycles. The molecule has 0 spiro atoms. The van der Waals surface area contributed by atoms with Gasteiger partial charge in [-0.1, -0.05) is 13.8 Å². The van der Waals surface area contributed by atoms with Gasteiger partial charge >= 0.3 is 0 Å². The highest BCUT2D eigenvalue weighted by molar-refractivity contribution is 5.45. The van der Waals surface area contributed by atoms with E-state index < -0.39 is 0 Å². The van der Waals surface area contributed by atoms with Crippen LogP contribution in [-0.4, -0.2) is 36.1 Å². The van der Waals surface area contributed by atoms with E-state index in [1.807, 2.05) is 12.1 Å². The Hall–Kier alpha value is -1.29. The Balaban J connectivity index is 2.10. The summed E-state index contributed by atoms with van der Waals surface area (Å²) in [4.78, 5) is 6.49. The molecule has 0 atom stereocenters. The van der Waals surface area contributed by atoms with Gasteiger partial charge in [-0.15, -0.1) is 0 Å². The van der Waals surface area contributed by atoms with Crippen LogP contribution in [0.3, 0.4) is 0 Å². The largest absolute Gasteiger partial charge is 0.384 e. The summed E-state index contributed by atoms with van der Waals surface area (Å²) in [6.45, 7) is 8.89. The van der Waals surface area contributed by atoms with Crippen LogP contribution in [-0.2, 0) is 0 Å². The summed E-state index contributed by atoms with van der Waals surface area (Å²) in [6, 6.07) is 3.78. The zero-order valence-electron chi connectivity index (χ0n) is 10.9. The third-order valence-electron chi connectivity index (χ3n) is 2.91. The fourth-order valence-corrected chi connectivity index (χ4v) is 1.74. The molecule has 3 N–H and O–H groups in total. The summed E-state index contributed by atoms with van der Waals surface area (Å²) in [5, 5.41) is 3.35. The highest BCUT2D eigenvalue weighted by atomic mass is 15.1. The van der Waals surface area contributed by atoms with Gasteiger partial charge in [0.1, 0.15) is 5.82 Å². The molecule has 0 unspecified atom stereocenters. The van der Waals surface area contributed by atoms with E-state index in [1.54, 1.807) is 6.20 Å². The van der Waals surface area contributed by atoms with E-state index in [2.05, 4.69) is 29.0 Å². The first-order chi connectivity index (χ1) is 8.26. The lowest BCUT2D eigenvalue weighted by Gasteiger charge is -2.17. The molecule has 0 fully saturated rings. The number of pyridine rings is 1. The number of rotatable bonds is 8. The van der Waals surface area contributed by atoms with E-state index in [-0.39, 0.29) is 0 Å². The molecule has 1 heterocycles. The molecule has 4 nitrogen and oxygen atoms in total. The van der Waals surface area contributed by atoms with Crippen LogP contribution in [0.4, 0.5) is 11.5 Å². The fourth-order valence-electron chi connectivity index (χ4n) is 1.74. The maximum absolute atomic E-state index is 5.52. The van der Waals surface area contributed by atoms with Crippen molar-refractivity contribution in [3.63, 3.8) is 0 Å². The normalized spacial score (nSPS) is 10.8. The van der Waals surface area contributed by atoms with E-state index in [9.17, 15) is 0 Å². The molecule has 1 rings (SSSR count). The summed E-state index contributed by atoms with van der Waals surface area (Å²) >= 11 is 0. The third kappa shape index (κ3) is 5.54. The van der Waals surface area contributed by atoms with E-state index in [0.717, 1.165) is 25.3 Å². The zero-order chi connectivity index (χ0) is 12.5. The van der Waals surface area contributed by atoms with Crippen LogP contribution >= 0.6 is 0 Å². The van der Waals surface area contributed by atoms with Crippen molar-refractivity contribution in [1.29, 1.82) is 0 Å². The minimum absolute atomic E-state index is 0.567. The molecule has 0 aliphatic rings. The minimum Gasteiger partial charge on any atom is -0.384 e. The van der Waals surface area contributed by atoms with Crippen molar-refractivity contribution >= 4 is 11.5 Å². The summed E-state index contributed by atoms with van der Waals surface area (Å²) in [6.07, 6.45) is 4.19. The molecule has 0 saturated carbocycles. The monoisotopic (exact) mass is 236 g/mol. The second kappa shape index (κ2) is 7.90. The maximum atomic E-state index is 5.52. The Kier molecular flexibility index (Phi) is 6.40. The van der Waals surface area contributed by atoms with Crippen molar-refractivity contribution in [2.75, 3.05) is 37.2 Å². The van der Waals surface area contributed by atoms with E-state index >= 15 is 0 Å². The Morgan fingerprint density at radius 3 is 2.59 bits per heavy atom. The summed E-state index contributed by atoms with van der Waals surface area (Å²) in [5.74, 6) is 0.567. The van der Waals surface area contributed by atoms with Crippen molar-refractivity contribution in [2.24, 2.45) is 0 Å². The van der Waals surface area contributed by atoms with E-state index in [1.165, 1.54) is 19.4 Å². The molecule has 96 valence electrons. The molecule has 17 heavy (non-hydrogen) atoms. The van der Waals surface area contributed by atoms with E-state index in [0.29, 0.717) is 5.82 Å². The Morgan fingerprint density at radius 2 is 2.00 bits per heavy atom. The van der Waals surface area contributed by atoms with Crippen molar-refractivity contribution in [3.05, 3.63) is 18.3 Å². The number of unbranched alkanes of at least 4 members (excludes halogenated alkanes) is 1. The SMILES string of the molecule is CCN(CC)CCCCNc1ccc(N)nc1. The van der Waals surface area contributed by atoms with Gasteiger partial charge in [0.05, 0.1) is 11.9 Å². The highest BCUT2D eigenvalue weighted by Crippen LogP contribution is 2.07. The van der Waals surface area contributed by atoms with Crippen molar-refractivity contribution in [1.82, 2.24) is 9.88 Å². The number of nitrogens with two attached hydrogens (primary N) is 1. The zero-order valence-corrected chi connectivity index (χ0v) is 10.9. The van der Waals surface area contributed by atoms with Crippen LogP contribution in [0.2, 0.25) is 0 Å². The standard InChI is InChI=1S/C13H24N4/c1-3-17(4-2)10-6-5-9-15-12-7-8-13(14)16-11-12/h7-8,11,15H,3-6,9-10H2,1-2H3,(H2,14,16). The quantitative estimate of drug-likeness (QED) is 0.679. The molecule has 1 aromatic heterocycles. The number of anilines is 2. The molecule has 4 heteroatoms. The molecule has 1 aromatic rings. The lowest BCUT2D eigenvalue weighted by molar-refractivity contribution is 0.298. The fraction of sp³-hybridized carbons (Fsp3) is 0.615. The highest BCUT2D eigenvalue weighted by Gasteiger charge is 1.98. The second-order valence-corrected chi connectivity index (χ2v) is 4.13. The van der Waals surface area contributed by atoms with Crippen LogP contribution in [0.1, 0.15) is 26.7 Å². The number of hydrogen-bond acceptors (Lipinski definition) is 4. The molecular weight excluding hydrogens is 212 g/mol. The lowest BCUT2D eigenvalue weighted by Crippen LogP contribution is -2.24. The van der Waals surface area contributed by atoms with Crippen LogP contribution < -0.4 is 11.1 Å². The van der Waals surface area contributed by atoms with Crippen LogP contribution in [0.25, 0.3) is 0 Å².